The lowest BCUT2D eigenvalue weighted by Gasteiger charge is -2.25. The van der Waals surface area contributed by atoms with Crippen LogP contribution in [0.15, 0.2) is 109 Å². The molecular formula is C29H30O3. The van der Waals surface area contributed by atoms with Crippen LogP contribution < -0.4 is 0 Å². The Morgan fingerprint density at radius 3 is 1.78 bits per heavy atom. The summed E-state index contributed by atoms with van der Waals surface area (Å²) in [4.78, 5) is 11.4. The molecule has 3 aromatic rings. The number of hydrogen-bond donors (Lipinski definition) is 1. The molecule has 32 heavy (non-hydrogen) atoms. The normalized spacial score (nSPS) is 11.1. The quantitative estimate of drug-likeness (QED) is 0.258. The number of carbonyl (C=O) groups excluding carboxylic acids is 1. The van der Waals surface area contributed by atoms with Gasteiger partial charge in [-0.2, -0.15) is 0 Å². The highest BCUT2D eigenvalue weighted by Gasteiger charge is 2.25. The van der Waals surface area contributed by atoms with Gasteiger partial charge in [0, 0.05) is 5.57 Å². The van der Waals surface area contributed by atoms with Crippen molar-refractivity contribution in [3.63, 3.8) is 0 Å². The van der Waals surface area contributed by atoms with Crippen LogP contribution in [0.1, 0.15) is 37.5 Å². The van der Waals surface area contributed by atoms with Crippen LogP contribution in [0.2, 0.25) is 0 Å². The molecule has 3 heteroatoms. The van der Waals surface area contributed by atoms with Crippen molar-refractivity contribution in [3.05, 3.63) is 126 Å². The molecule has 0 atom stereocenters. The lowest BCUT2D eigenvalue weighted by Crippen LogP contribution is -2.25. The lowest BCUT2D eigenvalue weighted by molar-refractivity contribution is -0.152. The van der Waals surface area contributed by atoms with E-state index in [1.807, 2.05) is 92.7 Å². The predicted molar refractivity (Wildman–Crippen MR) is 133 cm³/mol. The smallest absolute Gasteiger partial charge is 0.333 e. The minimum absolute atomic E-state index is 0.293. The molecule has 0 saturated carbocycles. The molecule has 0 amide bonds. The molecular weight excluding hydrogens is 396 g/mol. The topological polar surface area (TPSA) is 46.5 Å². The van der Waals surface area contributed by atoms with Gasteiger partial charge >= 0.3 is 5.97 Å². The van der Waals surface area contributed by atoms with Crippen LogP contribution in [-0.2, 0) is 15.1 Å². The summed E-state index contributed by atoms with van der Waals surface area (Å²) in [7, 11) is 0. The van der Waals surface area contributed by atoms with Crippen molar-refractivity contribution >= 4 is 18.1 Å². The maximum absolute atomic E-state index is 11.4. The molecule has 1 N–H and O–H groups in total. The molecule has 0 aliphatic carbocycles. The highest BCUT2D eigenvalue weighted by molar-refractivity contribution is 5.87. The molecule has 0 bridgehead atoms. The van der Waals surface area contributed by atoms with Crippen LogP contribution in [0.3, 0.4) is 0 Å². The maximum Gasteiger partial charge on any atom is 0.333 e. The van der Waals surface area contributed by atoms with Gasteiger partial charge in [-0.3, -0.25) is 0 Å². The standard InChI is InChI=1S/C16H14O.C13H16O2/c17-16-12-10-15(11-13-16)9-5-4-8-14-6-2-1-3-7-14;1-10(2)12(14)15-13(3,4)11-8-6-5-7-9-11/h1-13,17H;5-9H,1H2,2-4H3. The molecule has 0 aliphatic heterocycles. The third-order valence-corrected chi connectivity index (χ3v) is 4.55. The molecule has 3 aromatic carbocycles. The molecule has 164 valence electrons. The summed E-state index contributed by atoms with van der Waals surface area (Å²) in [6.45, 7) is 8.93. The Kier molecular flexibility index (Phi) is 9.24. The zero-order chi connectivity index (χ0) is 23.4. The fourth-order valence-corrected chi connectivity index (χ4v) is 2.70. The Bertz CT molecular complexity index is 1040. The van der Waals surface area contributed by atoms with Gasteiger partial charge in [-0.05, 0) is 49.6 Å². The van der Waals surface area contributed by atoms with Crippen LogP contribution in [0.5, 0.6) is 5.75 Å². The minimum Gasteiger partial charge on any atom is -0.508 e. The first-order chi connectivity index (χ1) is 15.3. The second-order valence-corrected chi connectivity index (χ2v) is 7.77. The zero-order valence-corrected chi connectivity index (χ0v) is 18.9. The summed E-state index contributed by atoms with van der Waals surface area (Å²) in [5.74, 6) is -0.0640. The Morgan fingerprint density at radius 1 is 0.812 bits per heavy atom. The molecule has 0 fully saturated rings. The van der Waals surface area contributed by atoms with E-state index in [4.69, 9.17) is 9.84 Å². The first-order valence-corrected chi connectivity index (χ1v) is 10.4. The Morgan fingerprint density at radius 2 is 1.28 bits per heavy atom. The molecule has 0 radical (unpaired) electrons. The molecule has 0 aliphatic rings. The number of phenolic OH excluding ortho intramolecular Hbond substituents is 1. The summed E-state index contributed by atoms with van der Waals surface area (Å²) in [5.41, 5.74) is 3.03. The fraction of sp³-hybridized carbons (Fsp3) is 0.138. The van der Waals surface area contributed by atoms with E-state index >= 15 is 0 Å². The predicted octanol–water partition coefficient (Wildman–Crippen LogP) is 7.16. The average molecular weight is 427 g/mol. The zero-order valence-electron chi connectivity index (χ0n) is 18.9. The monoisotopic (exact) mass is 426 g/mol. The first kappa shape index (κ1) is 24.4. The van der Waals surface area contributed by atoms with Crippen molar-refractivity contribution in [2.24, 2.45) is 0 Å². The molecule has 0 aromatic heterocycles. The van der Waals surface area contributed by atoms with E-state index in [2.05, 4.69) is 24.8 Å². The van der Waals surface area contributed by atoms with Gasteiger partial charge in [0.15, 0.2) is 0 Å². The largest absolute Gasteiger partial charge is 0.508 e. The summed E-state index contributed by atoms with van der Waals surface area (Å²) >= 11 is 0. The number of benzene rings is 3. The fourth-order valence-electron chi connectivity index (χ4n) is 2.70. The number of rotatable bonds is 6. The van der Waals surface area contributed by atoms with Gasteiger partial charge in [-0.15, -0.1) is 0 Å². The molecule has 0 heterocycles. The van der Waals surface area contributed by atoms with E-state index in [0.717, 1.165) is 11.1 Å². The maximum atomic E-state index is 11.4. The highest BCUT2D eigenvalue weighted by Crippen LogP contribution is 2.25. The Labute approximate surface area is 191 Å². The van der Waals surface area contributed by atoms with Crippen LogP contribution in [-0.4, -0.2) is 11.1 Å². The third-order valence-electron chi connectivity index (χ3n) is 4.55. The van der Waals surface area contributed by atoms with Crippen molar-refractivity contribution in [2.45, 2.75) is 26.4 Å². The van der Waals surface area contributed by atoms with E-state index in [-0.39, 0.29) is 5.97 Å². The molecule has 3 nitrogen and oxygen atoms in total. The van der Waals surface area contributed by atoms with Gasteiger partial charge < -0.3 is 9.84 Å². The molecule has 0 unspecified atom stereocenters. The van der Waals surface area contributed by atoms with Gasteiger partial charge in [-0.1, -0.05) is 104 Å². The van der Waals surface area contributed by atoms with Gasteiger partial charge in [0.1, 0.15) is 11.4 Å². The number of ether oxygens (including phenoxy) is 1. The van der Waals surface area contributed by atoms with Crippen molar-refractivity contribution in [2.75, 3.05) is 0 Å². The summed E-state index contributed by atoms with van der Waals surface area (Å²) in [5, 5.41) is 9.14. The lowest BCUT2D eigenvalue weighted by atomic mass is 9.98. The summed E-state index contributed by atoms with van der Waals surface area (Å²) < 4.78 is 5.35. The van der Waals surface area contributed by atoms with Crippen molar-refractivity contribution in [1.82, 2.24) is 0 Å². The number of allylic oxidation sites excluding steroid dienone is 2. The Balaban J connectivity index is 0.000000229. The van der Waals surface area contributed by atoms with Crippen molar-refractivity contribution < 1.29 is 14.6 Å². The number of hydrogen-bond acceptors (Lipinski definition) is 3. The summed E-state index contributed by atoms with van der Waals surface area (Å²) in [6.07, 6.45) is 8.04. The minimum atomic E-state index is -0.614. The second-order valence-electron chi connectivity index (χ2n) is 7.77. The van der Waals surface area contributed by atoms with Crippen LogP contribution in [0.4, 0.5) is 0 Å². The van der Waals surface area contributed by atoms with Gasteiger partial charge in [0.2, 0.25) is 0 Å². The average Bonchev–Trinajstić information content (AvgIpc) is 2.79. The first-order valence-electron chi connectivity index (χ1n) is 10.4. The second kappa shape index (κ2) is 12.1. The van der Waals surface area contributed by atoms with Crippen molar-refractivity contribution in [3.8, 4) is 5.75 Å². The SMILES string of the molecule is C=C(C)C(=O)OC(C)(C)c1ccccc1.Oc1ccc(C=CC=Cc2ccccc2)cc1. The van der Waals surface area contributed by atoms with E-state index in [1.54, 1.807) is 19.1 Å². The molecule has 0 spiro atoms. The van der Waals surface area contributed by atoms with Gasteiger partial charge in [0.05, 0.1) is 0 Å². The number of aromatic hydroxyl groups is 1. The van der Waals surface area contributed by atoms with Crippen LogP contribution in [0, 0.1) is 0 Å². The molecule has 0 saturated heterocycles. The van der Waals surface area contributed by atoms with E-state index in [9.17, 15) is 4.79 Å². The van der Waals surface area contributed by atoms with E-state index in [0.29, 0.717) is 11.3 Å². The summed E-state index contributed by atoms with van der Waals surface area (Å²) in [6, 6.07) is 26.9. The van der Waals surface area contributed by atoms with Crippen molar-refractivity contribution in [1.29, 1.82) is 0 Å². The van der Waals surface area contributed by atoms with Crippen LogP contribution in [0.25, 0.3) is 12.2 Å². The van der Waals surface area contributed by atoms with Gasteiger partial charge in [-0.25, -0.2) is 4.79 Å². The van der Waals surface area contributed by atoms with E-state index < -0.39 is 5.60 Å². The Hall–Kier alpha value is -3.85. The number of phenols is 1. The number of carbonyl (C=O) groups is 1. The third kappa shape index (κ3) is 8.49. The molecule has 3 rings (SSSR count). The van der Waals surface area contributed by atoms with Gasteiger partial charge in [0.25, 0.3) is 0 Å². The van der Waals surface area contributed by atoms with Crippen LogP contribution >= 0.6 is 0 Å². The van der Waals surface area contributed by atoms with E-state index in [1.165, 1.54) is 5.56 Å². The number of esters is 1. The highest BCUT2D eigenvalue weighted by atomic mass is 16.6.